The van der Waals surface area contributed by atoms with Gasteiger partial charge in [-0.2, -0.15) is 0 Å². The molecule has 0 aliphatic carbocycles. The van der Waals surface area contributed by atoms with Crippen LogP contribution in [0.1, 0.15) is 26.7 Å². The summed E-state index contributed by atoms with van der Waals surface area (Å²) >= 11 is 7.97. The molecule has 1 nitrogen and oxygen atoms in total. The minimum atomic E-state index is 0.476. The Labute approximate surface area is 120 Å². The highest BCUT2D eigenvalue weighted by Gasteiger charge is 2.09. The topological polar surface area (TPSA) is 12.0 Å². The van der Waals surface area contributed by atoms with Crippen molar-refractivity contribution >= 4 is 23.4 Å². The van der Waals surface area contributed by atoms with Crippen molar-refractivity contribution in [3.05, 3.63) is 41.4 Å². The Kier molecular flexibility index (Phi) is 7.48. The number of thioether (sulfide) groups is 1. The zero-order valence-electron chi connectivity index (χ0n) is 11.2. The monoisotopic (exact) mass is 283 g/mol. The molecule has 1 atom stereocenters. The fourth-order valence-corrected chi connectivity index (χ4v) is 3.01. The normalized spacial score (nSPS) is 12.4. The standard InChI is InChI=1S/C15H22ClNS/c1-4-9-17-13(10-12(2)3)11-18-15-8-6-5-7-14(15)16/h5-8,13,17H,2,4,9-11H2,1,3H3. The van der Waals surface area contributed by atoms with E-state index >= 15 is 0 Å². The molecule has 0 saturated heterocycles. The van der Waals surface area contributed by atoms with E-state index in [0.29, 0.717) is 6.04 Å². The molecule has 0 fully saturated rings. The first kappa shape index (κ1) is 15.6. The number of halogens is 1. The minimum absolute atomic E-state index is 0.476. The Balaban J connectivity index is 2.50. The van der Waals surface area contributed by atoms with Gasteiger partial charge in [-0.15, -0.1) is 18.3 Å². The lowest BCUT2D eigenvalue weighted by Gasteiger charge is -2.18. The Morgan fingerprint density at radius 2 is 2.17 bits per heavy atom. The Bertz CT molecular complexity index is 379. The van der Waals surface area contributed by atoms with Crippen molar-refractivity contribution in [3.63, 3.8) is 0 Å². The van der Waals surface area contributed by atoms with Gasteiger partial charge >= 0.3 is 0 Å². The van der Waals surface area contributed by atoms with E-state index in [2.05, 4.69) is 31.8 Å². The van der Waals surface area contributed by atoms with Gasteiger partial charge in [0.2, 0.25) is 0 Å². The zero-order valence-corrected chi connectivity index (χ0v) is 12.8. The van der Waals surface area contributed by atoms with Gasteiger partial charge in [0, 0.05) is 16.7 Å². The molecule has 1 N–H and O–H groups in total. The van der Waals surface area contributed by atoms with E-state index in [1.165, 1.54) is 5.57 Å². The molecule has 0 aliphatic heterocycles. The quantitative estimate of drug-likeness (QED) is 0.545. The van der Waals surface area contributed by atoms with Gasteiger partial charge < -0.3 is 5.32 Å². The van der Waals surface area contributed by atoms with Crippen LogP contribution in [0.4, 0.5) is 0 Å². The average Bonchev–Trinajstić information content (AvgIpc) is 2.34. The first-order valence-electron chi connectivity index (χ1n) is 6.38. The average molecular weight is 284 g/mol. The zero-order chi connectivity index (χ0) is 13.4. The van der Waals surface area contributed by atoms with Gasteiger partial charge in [0.15, 0.2) is 0 Å². The fraction of sp³-hybridized carbons (Fsp3) is 0.467. The van der Waals surface area contributed by atoms with E-state index in [1.54, 1.807) is 0 Å². The summed E-state index contributed by atoms with van der Waals surface area (Å²) in [6, 6.07) is 8.49. The maximum absolute atomic E-state index is 6.16. The van der Waals surface area contributed by atoms with Crippen LogP contribution in [0.3, 0.4) is 0 Å². The third-order valence-corrected chi connectivity index (χ3v) is 4.23. The van der Waals surface area contributed by atoms with Crippen LogP contribution in [-0.4, -0.2) is 18.3 Å². The summed E-state index contributed by atoms with van der Waals surface area (Å²) in [7, 11) is 0. The summed E-state index contributed by atoms with van der Waals surface area (Å²) in [5, 5.41) is 4.41. The van der Waals surface area contributed by atoms with E-state index in [4.69, 9.17) is 11.6 Å². The summed E-state index contributed by atoms with van der Waals surface area (Å²) in [5.41, 5.74) is 1.23. The molecule has 0 radical (unpaired) electrons. The third kappa shape index (κ3) is 5.94. The largest absolute Gasteiger partial charge is 0.313 e. The van der Waals surface area contributed by atoms with Crippen LogP contribution < -0.4 is 5.32 Å². The molecule has 1 aromatic rings. The van der Waals surface area contributed by atoms with Gasteiger partial charge in [-0.3, -0.25) is 0 Å². The van der Waals surface area contributed by atoms with Crippen LogP contribution in [0, 0.1) is 0 Å². The van der Waals surface area contributed by atoms with Gasteiger partial charge in [0.25, 0.3) is 0 Å². The van der Waals surface area contributed by atoms with E-state index in [-0.39, 0.29) is 0 Å². The van der Waals surface area contributed by atoms with Crippen molar-refractivity contribution in [2.24, 2.45) is 0 Å². The van der Waals surface area contributed by atoms with Crippen LogP contribution >= 0.6 is 23.4 Å². The molecule has 0 saturated carbocycles. The van der Waals surface area contributed by atoms with Gasteiger partial charge in [0.1, 0.15) is 0 Å². The summed E-state index contributed by atoms with van der Waals surface area (Å²) in [6.45, 7) is 9.33. The summed E-state index contributed by atoms with van der Waals surface area (Å²) in [4.78, 5) is 1.16. The van der Waals surface area contributed by atoms with Gasteiger partial charge in [0.05, 0.1) is 5.02 Å². The molecule has 1 unspecified atom stereocenters. The third-order valence-electron chi connectivity index (χ3n) is 2.55. The molecule has 3 heteroatoms. The maximum atomic E-state index is 6.16. The van der Waals surface area contributed by atoms with Crippen LogP contribution in [0.25, 0.3) is 0 Å². The van der Waals surface area contributed by atoms with E-state index in [9.17, 15) is 0 Å². The molecule has 0 aromatic heterocycles. The van der Waals surface area contributed by atoms with Crippen molar-refractivity contribution in [1.29, 1.82) is 0 Å². The predicted molar refractivity (Wildman–Crippen MR) is 83.7 cm³/mol. The fourth-order valence-electron chi connectivity index (χ4n) is 1.71. The lowest BCUT2D eigenvalue weighted by molar-refractivity contribution is 0.549. The lowest BCUT2D eigenvalue weighted by atomic mass is 10.1. The smallest absolute Gasteiger partial charge is 0.0541 e. The summed E-state index contributed by atoms with van der Waals surface area (Å²) < 4.78 is 0. The molecule has 1 aromatic carbocycles. The molecule has 0 bridgehead atoms. The molecule has 0 aliphatic rings. The second kappa shape index (κ2) is 8.63. The highest BCUT2D eigenvalue weighted by Crippen LogP contribution is 2.27. The van der Waals surface area contributed by atoms with Crippen molar-refractivity contribution in [2.45, 2.75) is 37.6 Å². The molecule has 0 spiro atoms. The molecule has 0 amide bonds. The van der Waals surface area contributed by atoms with Gasteiger partial charge in [-0.1, -0.05) is 36.2 Å². The predicted octanol–water partition coefficient (Wildman–Crippen LogP) is 4.77. The molecule has 1 rings (SSSR count). The number of hydrogen-bond donors (Lipinski definition) is 1. The Morgan fingerprint density at radius 3 is 2.78 bits per heavy atom. The minimum Gasteiger partial charge on any atom is -0.313 e. The summed E-state index contributed by atoms with van der Waals surface area (Å²) in [6.07, 6.45) is 2.18. The second-order valence-electron chi connectivity index (χ2n) is 4.55. The van der Waals surface area contributed by atoms with Crippen LogP contribution in [0.15, 0.2) is 41.3 Å². The number of rotatable bonds is 8. The first-order chi connectivity index (χ1) is 8.63. The van der Waals surface area contributed by atoms with Crippen LogP contribution in [0.5, 0.6) is 0 Å². The lowest BCUT2D eigenvalue weighted by Crippen LogP contribution is -2.32. The molecular weight excluding hydrogens is 262 g/mol. The Hall–Kier alpha value is -0.440. The SMILES string of the molecule is C=C(C)CC(CSc1ccccc1Cl)NCCC. The maximum Gasteiger partial charge on any atom is 0.0541 e. The first-order valence-corrected chi connectivity index (χ1v) is 7.75. The Morgan fingerprint density at radius 1 is 1.44 bits per heavy atom. The molecule has 0 heterocycles. The van der Waals surface area contributed by atoms with E-state index in [1.807, 2.05) is 30.0 Å². The molecular formula is C15H22ClNS. The highest BCUT2D eigenvalue weighted by molar-refractivity contribution is 7.99. The van der Waals surface area contributed by atoms with Crippen molar-refractivity contribution < 1.29 is 0 Å². The van der Waals surface area contributed by atoms with Crippen molar-refractivity contribution in [3.8, 4) is 0 Å². The number of hydrogen-bond acceptors (Lipinski definition) is 2. The molecule has 18 heavy (non-hydrogen) atoms. The highest BCUT2D eigenvalue weighted by atomic mass is 35.5. The number of nitrogens with one attached hydrogen (secondary N) is 1. The van der Waals surface area contributed by atoms with Crippen molar-refractivity contribution in [2.75, 3.05) is 12.3 Å². The molecule has 100 valence electrons. The van der Waals surface area contributed by atoms with Crippen molar-refractivity contribution in [1.82, 2.24) is 5.32 Å². The summed E-state index contributed by atoms with van der Waals surface area (Å²) in [5.74, 6) is 1.02. The second-order valence-corrected chi connectivity index (χ2v) is 6.02. The van der Waals surface area contributed by atoms with Crippen LogP contribution in [0.2, 0.25) is 5.02 Å². The van der Waals surface area contributed by atoms with E-state index < -0.39 is 0 Å². The van der Waals surface area contributed by atoms with Gasteiger partial charge in [-0.05, 0) is 38.4 Å². The number of benzene rings is 1. The van der Waals surface area contributed by atoms with E-state index in [0.717, 1.165) is 35.1 Å². The van der Waals surface area contributed by atoms with Gasteiger partial charge in [-0.25, -0.2) is 0 Å². The van der Waals surface area contributed by atoms with Crippen LogP contribution in [-0.2, 0) is 0 Å².